The molecule has 1 aromatic carbocycles. The largest absolute Gasteiger partial charge is 0.481 e. The number of hydrogen-bond acceptors (Lipinski definition) is 5. The van der Waals surface area contributed by atoms with Crippen molar-refractivity contribution < 1.29 is 14.4 Å². The summed E-state index contributed by atoms with van der Waals surface area (Å²) in [5, 5.41) is 15.3. The van der Waals surface area contributed by atoms with Gasteiger partial charge < -0.3 is 14.9 Å². The second kappa shape index (κ2) is 5.92. The first-order valence-electron chi connectivity index (χ1n) is 5.56. The van der Waals surface area contributed by atoms with Gasteiger partial charge in [-0.15, -0.1) is 0 Å². The van der Waals surface area contributed by atoms with Gasteiger partial charge in [0.1, 0.15) is 0 Å². The first kappa shape index (κ1) is 12.3. The highest BCUT2D eigenvalue weighted by Crippen LogP contribution is 2.14. The maximum Gasteiger partial charge on any atom is 0.304 e. The Bertz CT molecular complexity index is 510. The van der Waals surface area contributed by atoms with Gasteiger partial charge in [-0.1, -0.05) is 35.5 Å². The highest BCUT2D eigenvalue weighted by molar-refractivity contribution is 5.66. The Hall–Kier alpha value is -2.21. The Kier molecular flexibility index (Phi) is 4.03. The molecular formula is C12H13N3O3. The first-order valence-corrected chi connectivity index (χ1v) is 5.56. The molecule has 0 radical (unpaired) electrons. The Balaban J connectivity index is 1.89. The molecule has 6 nitrogen and oxygen atoms in total. The summed E-state index contributed by atoms with van der Waals surface area (Å²) in [4.78, 5) is 14.5. The van der Waals surface area contributed by atoms with Crippen LogP contribution in [-0.2, 0) is 11.3 Å². The zero-order valence-electron chi connectivity index (χ0n) is 9.67. The lowest BCUT2D eigenvalue weighted by atomic mass is 10.2. The Morgan fingerprint density at radius 3 is 2.83 bits per heavy atom. The summed E-state index contributed by atoms with van der Waals surface area (Å²) in [5.41, 5.74) is 0.887. The van der Waals surface area contributed by atoms with Crippen molar-refractivity contribution in [2.24, 2.45) is 0 Å². The van der Waals surface area contributed by atoms with Crippen molar-refractivity contribution in [1.29, 1.82) is 0 Å². The van der Waals surface area contributed by atoms with E-state index in [2.05, 4.69) is 15.5 Å². The van der Waals surface area contributed by atoms with E-state index in [1.54, 1.807) is 0 Å². The number of carboxylic acids is 1. The van der Waals surface area contributed by atoms with Gasteiger partial charge in [-0.2, -0.15) is 4.98 Å². The Labute approximate surface area is 104 Å². The summed E-state index contributed by atoms with van der Waals surface area (Å²) in [6.07, 6.45) is 0.0691. The smallest absolute Gasteiger partial charge is 0.304 e. The second-order valence-electron chi connectivity index (χ2n) is 3.70. The molecule has 0 saturated carbocycles. The highest BCUT2D eigenvalue weighted by Gasteiger charge is 2.07. The summed E-state index contributed by atoms with van der Waals surface area (Å²) < 4.78 is 5.06. The molecule has 0 aliphatic rings. The highest BCUT2D eigenvalue weighted by atomic mass is 16.5. The fourth-order valence-corrected chi connectivity index (χ4v) is 1.42. The van der Waals surface area contributed by atoms with Gasteiger partial charge in [-0.25, -0.2) is 0 Å². The fraction of sp³-hybridized carbons (Fsp3) is 0.250. The minimum absolute atomic E-state index is 0.0691. The van der Waals surface area contributed by atoms with Crippen LogP contribution in [0, 0.1) is 0 Å². The van der Waals surface area contributed by atoms with Gasteiger partial charge in [0.25, 0.3) is 0 Å². The maximum atomic E-state index is 10.3. The predicted octanol–water partition coefficient (Wildman–Crippen LogP) is 1.30. The van der Waals surface area contributed by atoms with E-state index in [1.807, 2.05) is 30.3 Å². The molecule has 2 N–H and O–H groups in total. The molecule has 0 unspecified atom stereocenters. The summed E-state index contributed by atoms with van der Waals surface area (Å²) >= 11 is 0. The molecule has 94 valence electrons. The monoisotopic (exact) mass is 247 g/mol. The SMILES string of the molecule is O=C(O)CCNCc1nc(-c2ccccc2)no1. The molecule has 0 spiro atoms. The number of nitrogens with one attached hydrogen (secondary N) is 1. The van der Waals surface area contributed by atoms with Gasteiger partial charge in [-0.3, -0.25) is 4.79 Å². The molecule has 0 saturated heterocycles. The van der Waals surface area contributed by atoms with Gasteiger partial charge in [-0.05, 0) is 0 Å². The van der Waals surface area contributed by atoms with E-state index in [4.69, 9.17) is 9.63 Å². The number of carboxylic acid groups (broad SMARTS) is 1. The van der Waals surface area contributed by atoms with Crippen molar-refractivity contribution in [2.75, 3.05) is 6.54 Å². The topological polar surface area (TPSA) is 88.2 Å². The molecule has 0 bridgehead atoms. The van der Waals surface area contributed by atoms with Crippen LogP contribution < -0.4 is 5.32 Å². The number of aliphatic carboxylic acids is 1. The van der Waals surface area contributed by atoms with Crippen LogP contribution in [0.25, 0.3) is 11.4 Å². The average Bonchev–Trinajstić information content (AvgIpc) is 2.84. The molecule has 18 heavy (non-hydrogen) atoms. The van der Waals surface area contributed by atoms with Gasteiger partial charge in [0.05, 0.1) is 13.0 Å². The van der Waals surface area contributed by atoms with Crippen LogP contribution in [0.4, 0.5) is 0 Å². The fourth-order valence-electron chi connectivity index (χ4n) is 1.42. The quantitative estimate of drug-likeness (QED) is 0.748. The van der Waals surface area contributed by atoms with Crippen molar-refractivity contribution in [1.82, 2.24) is 15.5 Å². The van der Waals surface area contributed by atoms with Crippen LogP contribution in [0.1, 0.15) is 12.3 Å². The number of hydrogen-bond donors (Lipinski definition) is 2. The normalized spacial score (nSPS) is 10.4. The van der Waals surface area contributed by atoms with E-state index in [-0.39, 0.29) is 6.42 Å². The number of benzene rings is 1. The second-order valence-corrected chi connectivity index (χ2v) is 3.70. The zero-order chi connectivity index (χ0) is 12.8. The molecule has 0 aliphatic carbocycles. The van der Waals surface area contributed by atoms with E-state index >= 15 is 0 Å². The minimum atomic E-state index is -0.835. The van der Waals surface area contributed by atoms with E-state index in [0.717, 1.165) is 5.56 Å². The maximum absolute atomic E-state index is 10.3. The molecule has 0 aliphatic heterocycles. The lowest BCUT2D eigenvalue weighted by molar-refractivity contribution is -0.136. The van der Waals surface area contributed by atoms with Crippen LogP contribution >= 0.6 is 0 Å². The third-order valence-corrected chi connectivity index (χ3v) is 2.29. The van der Waals surface area contributed by atoms with E-state index < -0.39 is 5.97 Å². The van der Waals surface area contributed by atoms with Gasteiger partial charge in [0, 0.05) is 12.1 Å². The molecule has 0 amide bonds. The molecule has 1 heterocycles. The lowest BCUT2D eigenvalue weighted by Crippen LogP contribution is -2.17. The van der Waals surface area contributed by atoms with Crippen LogP contribution in [0.15, 0.2) is 34.9 Å². The zero-order valence-corrected chi connectivity index (χ0v) is 9.67. The van der Waals surface area contributed by atoms with Crippen molar-refractivity contribution in [2.45, 2.75) is 13.0 Å². The van der Waals surface area contributed by atoms with Crippen LogP contribution in [0.2, 0.25) is 0 Å². The molecule has 2 rings (SSSR count). The Morgan fingerprint density at radius 1 is 1.33 bits per heavy atom. The van der Waals surface area contributed by atoms with Crippen LogP contribution in [0.5, 0.6) is 0 Å². The van der Waals surface area contributed by atoms with Gasteiger partial charge >= 0.3 is 5.97 Å². The molecule has 2 aromatic rings. The van der Waals surface area contributed by atoms with Gasteiger partial charge in [0.15, 0.2) is 0 Å². The third kappa shape index (κ3) is 3.39. The van der Waals surface area contributed by atoms with Crippen LogP contribution in [0.3, 0.4) is 0 Å². The van der Waals surface area contributed by atoms with E-state index in [1.165, 1.54) is 0 Å². The number of aromatic nitrogens is 2. The number of rotatable bonds is 6. The average molecular weight is 247 g/mol. The molecule has 1 aromatic heterocycles. The summed E-state index contributed by atoms with van der Waals surface area (Å²) in [5.74, 6) is 0.142. The van der Waals surface area contributed by atoms with Crippen molar-refractivity contribution in [3.63, 3.8) is 0 Å². The lowest BCUT2D eigenvalue weighted by Gasteiger charge is -1.96. The van der Waals surface area contributed by atoms with Gasteiger partial charge in [0.2, 0.25) is 11.7 Å². The molecular weight excluding hydrogens is 234 g/mol. The molecule has 0 fully saturated rings. The van der Waals surface area contributed by atoms with Crippen molar-refractivity contribution in [3.05, 3.63) is 36.2 Å². The molecule has 6 heteroatoms. The standard InChI is InChI=1S/C12H13N3O3/c16-11(17)6-7-13-8-10-14-12(15-18-10)9-4-2-1-3-5-9/h1-5,13H,6-8H2,(H,16,17). The van der Waals surface area contributed by atoms with E-state index in [0.29, 0.717) is 24.8 Å². The Morgan fingerprint density at radius 2 is 2.11 bits per heavy atom. The summed E-state index contributed by atoms with van der Waals surface area (Å²) in [6, 6.07) is 9.50. The van der Waals surface area contributed by atoms with Crippen molar-refractivity contribution >= 4 is 5.97 Å². The summed E-state index contributed by atoms with van der Waals surface area (Å²) in [6.45, 7) is 0.742. The van der Waals surface area contributed by atoms with Crippen molar-refractivity contribution in [3.8, 4) is 11.4 Å². The summed E-state index contributed by atoms with van der Waals surface area (Å²) in [7, 11) is 0. The third-order valence-electron chi connectivity index (χ3n) is 2.29. The number of carbonyl (C=O) groups is 1. The predicted molar refractivity (Wildman–Crippen MR) is 63.7 cm³/mol. The first-order chi connectivity index (χ1) is 8.75. The van der Waals surface area contributed by atoms with Crippen LogP contribution in [-0.4, -0.2) is 27.8 Å². The number of nitrogens with zero attached hydrogens (tertiary/aromatic N) is 2. The molecule has 0 atom stereocenters. The van der Waals surface area contributed by atoms with E-state index in [9.17, 15) is 4.79 Å². The minimum Gasteiger partial charge on any atom is -0.481 e.